The van der Waals surface area contributed by atoms with Gasteiger partial charge in [-0.2, -0.15) is 4.98 Å². The van der Waals surface area contributed by atoms with E-state index in [0.29, 0.717) is 24.0 Å². The first-order chi connectivity index (χ1) is 10.0. The van der Waals surface area contributed by atoms with E-state index in [4.69, 9.17) is 4.74 Å². The van der Waals surface area contributed by atoms with Crippen LogP contribution in [0.25, 0.3) is 0 Å². The quantitative estimate of drug-likeness (QED) is 0.625. The van der Waals surface area contributed by atoms with Crippen LogP contribution in [0.4, 0.5) is 5.69 Å². The fourth-order valence-electron chi connectivity index (χ4n) is 2.20. The highest BCUT2D eigenvalue weighted by molar-refractivity contribution is 8.00. The number of carbonyl (C=O) groups is 1. The average molecular weight is 311 g/mol. The molecule has 1 saturated heterocycles. The number of hydrogen-bond acceptors (Lipinski definition) is 6. The SMILES string of the molecule is COc1ccc([N+](=O)[O-])c(SC2CCN(C(C)=O)CC2)n1. The van der Waals surface area contributed by atoms with Crippen molar-refractivity contribution in [2.75, 3.05) is 20.2 Å². The van der Waals surface area contributed by atoms with Gasteiger partial charge in [0.15, 0.2) is 5.03 Å². The molecule has 1 amide bonds. The van der Waals surface area contributed by atoms with Crippen molar-refractivity contribution in [3.8, 4) is 5.88 Å². The summed E-state index contributed by atoms with van der Waals surface area (Å²) in [5, 5.41) is 11.7. The van der Waals surface area contributed by atoms with Crippen molar-refractivity contribution >= 4 is 23.4 Å². The topological polar surface area (TPSA) is 85.6 Å². The second-order valence-electron chi connectivity index (χ2n) is 4.76. The monoisotopic (exact) mass is 311 g/mol. The van der Waals surface area contributed by atoms with Gasteiger partial charge in [-0.15, -0.1) is 0 Å². The predicted molar refractivity (Wildman–Crippen MR) is 78.6 cm³/mol. The maximum atomic E-state index is 11.3. The second kappa shape index (κ2) is 6.75. The number of methoxy groups -OCH3 is 1. The molecule has 0 radical (unpaired) electrons. The Hall–Kier alpha value is -1.83. The average Bonchev–Trinajstić information content (AvgIpc) is 2.47. The molecule has 0 aliphatic carbocycles. The standard InChI is InChI=1S/C13H17N3O4S/c1-9(17)15-7-5-10(6-8-15)21-13-11(16(18)19)3-4-12(14-13)20-2/h3-4,10H,5-8H2,1-2H3. The number of thioether (sulfide) groups is 1. The molecular weight excluding hydrogens is 294 g/mol. The maximum Gasteiger partial charge on any atom is 0.301 e. The van der Waals surface area contributed by atoms with Crippen LogP contribution in [0.5, 0.6) is 5.88 Å². The molecule has 0 unspecified atom stereocenters. The fraction of sp³-hybridized carbons (Fsp3) is 0.538. The molecule has 8 heteroatoms. The summed E-state index contributed by atoms with van der Waals surface area (Å²) in [7, 11) is 1.48. The van der Waals surface area contributed by atoms with Gasteiger partial charge >= 0.3 is 5.69 Å². The predicted octanol–water partition coefficient (Wildman–Crippen LogP) is 2.10. The van der Waals surface area contributed by atoms with Crippen LogP contribution in [0.15, 0.2) is 17.2 Å². The van der Waals surface area contributed by atoms with E-state index in [1.165, 1.54) is 31.0 Å². The maximum absolute atomic E-state index is 11.3. The lowest BCUT2D eigenvalue weighted by atomic mass is 10.1. The van der Waals surface area contributed by atoms with Crippen LogP contribution in [0.1, 0.15) is 19.8 Å². The zero-order valence-corrected chi connectivity index (χ0v) is 12.8. The molecule has 1 fully saturated rings. The van der Waals surface area contributed by atoms with Gasteiger partial charge < -0.3 is 9.64 Å². The lowest BCUT2D eigenvalue weighted by Crippen LogP contribution is -2.37. The molecule has 2 heterocycles. The van der Waals surface area contributed by atoms with E-state index < -0.39 is 4.92 Å². The van der Waals surface area contributed by atoms with Crippen molar-refractivity contribution in [1.82, 2.24) is 9.88 Å². The van der Waals surface area contributed by atoms with Crippen molar-refractivity contribution in [2.45, 2.75) is 30.0 Å². The first-order valence-electron chi connectivity index (χ1n) is 6.63. The number of likely N-dealkylation sites (tertiary alicyclic amines) is 1. The van der Waals surface area contributed by atoms with E-state index in [-0.39, 0.29) is 16.8 Å². The van der Waals surface area contributed by atoms with Gasteiger partial charge in [-0.25, -0.2) is 0 Å². The zero-order chi connectivity index (χ0) is 15.4. The summed E-state index contributed by atoms with van der Waals surface area (Å²) in [4.78, 5) is 27.9. The highest BCUT2D eigenvalue weighted by atomic mass is 32.2. The Balaban J connectivity index is 2.09. The van der Waals surface area contributed by atoms with Gasteiger partial charge in [0.05, 0.1) is 12.0 Å². The second-order valence-corrected chi connectivity index (χ2v) is 6.05. The van der Waals surface area contributed by atoms with Crippen molar-refractivity contribution in [3.05, 3.63) is 22.2 Å². The number of ether oxygens (including phenoxy) is 1. The van der Waals surface area contributed by atoms with Crippen LogP contribution in [-0.2, 0) is 4.79 Å². The third-order valence-electron chi connectivity index (χ3n) is 3.39. The Morgan fingerprint density at radius 3 is 2.67 bits per heavy atom. The number of hydrogen-bond donors (Lipinski definition) is 0. The lowest BCUT2D eigenvalue weighted by molar-refractivity contribution is -0.388. The summed E-state index contributed by atoms with van der Waals surface area (Å²) in [6, 6.07) is 2.90. The Kier molecular flexibility index (Phi) is 5.00. The Labute approximate surface area is 126 Å². The largest absolute Gasteiger partial charge is 0.481 e. The minimum atomic E-state index is -0.431. The first kappa shape index (κ1) is 15.6. The summed E-state index contributed by atoms with van der Waals surface area (Å²) in [6.45, 7) is 2.93. The van der Waals surface area contributed by atoms with Crippen LogP contribution in [0, 0.1) is 10.1 Å². The number of nitro groups is 1. The number of piperidine rings is 1. The van der Waals surface area contributed by atoms with Crippen molar-refractivity contribution in [2.24, 2.45) is 0 Å². The van der Waals surface area contributed by atoms with E-state index in [0.717, 1.165) is 12.8 Å². The van der Waals surface area contributed by atoms with Gasteiger partial charge in [-0.05, 0) is 12.8 Å². The fourth-order valence-corrected chi connectivity index (χ4v) is 3.37. The van der Waals surface area contributed by atoms with Crippen molar-refractivity contribution in [1.29, 1.82) is 0 Å². The van der Waals surface area contributed by atoms with Crippen LogP contribution < -0.4 is 4.74 Å². The molecule has 0 bridgehead atoms. The molecule has 1 aliphatic rings. The molecular formula is C13H17N3O4S. The van der Waals surface area contributed by atoms with Crippen molar-refractivity contribution in [3.63, 3.8) is 0 Å². The van der Waals surface area contributed by atoms with Gasteiger partial charge in [0.1, 0.15) is 0 Å². The lowest BCUT2D eigenvalue weighted by Gasteiger charge is -2.30. The van der Waals surface area contributed by atoms with E-state index in [1.54, 1.807) is 11.8 Å². The summed E-state index contributed by atoms with van der Waals surface area (Å²) in [6.07, 6.45) is 1.61. The van der Waals surface area contributed by atoms with E-state index >= 15 is 0 Å². The van der Waals surface area contributed by atoms with Crippen molar-refractivity contribution < 1.29 is 14.5 Å². The molecule has 1 aliphatic heterocycles. The molecule has 0 atom stereocenters. The van der Waals surface area contributed by atoms with Gasteiger partial charge in [-0.1, -0.05) is 11.8 Å². The molecule has 114 valence electrons. The normalized spacial score (nSPS) is 15.8. The minimum absolute atomic E-state index is 0.00482. The van der Waals surface area contributed by atoms with Crippen LogP contribution in [-0.4, -0.2) is 46.2 Å². The molecule has 0 N–H and O–H groups in total. The summed E-state index contributed by atoms with van der Waals surface area (Å²) in [5.74, 6) is 0.438. The molecule has 1 aromatic rings. The number of nitrogens with zero attached hydrogens (tertiary/aromatic N) is 3. The molecule has 21 heavy (non-hydrogen) atoms. The molecule has 0 saturated carbocycles. The smallest absolute Gasteiger partial charge is 0.301 e. The third kappa shape index (κ3) is 3.84. The van der Waals surface area contributed by atoms with E-state index in [9.17, 15) is 14.9 Å². The molecule has 2 rings (SSSR count). The van der Waals surface area contributed by atoms with E-state index in [2.05, 4.69) is 4.98 Å². The Bertz CT molecular complexity index is 544. The summed E-state index contributed by atoms with van der Waals surface area (Å²) >= 11 is 1.39. The summed E-state index contributed by atoms with van der Waals surface area (Å²) in [5.41, 5.74) is -0.00482. The van der Waals surface area contributed by atoms with Crippen LogP contribution in [0.2, 0.25) is 0 Å². The minimum Gasteiger partial charge on any atom is -0.481 e. The number of aromatic nitrogens is 1. The zero-order valence-electron chi connectivity index (χ0n) is 11.9. The molecule has 0 spiro atoms. The van der Waals surface area contributed by atoms with E-state index in [1.807, 2.05) is 0 Å². The van der Waals surface area contributed by atoms with Gasteiger partial charge in [0.25, 0.3) is 0 Å². The Morgan fingerprint density at radius 1 is 1.48 bits per heavy atom. The van der Waals surface area contributed by atoms with Crippen LogP contribution in [0.3, 0.4) is 0 Å². The highest BCUT2D eigenvalue weighted by Gasteiger charge is 2.25. The van der Waals surface area contributed by atoms with Crippen LogP contribution >= 0.6 is 11.8 Å². The number of rotatable bonds is 4. The molecule has 1 aromatic heterocycles. The first-order valence-corrected chi connectivity index (χ1v) is 7.51. The Morgan fingerprint density at radius 2 is 2.14 bits per heavy atom. The van der Waals surface area contributed by atoms with Gasteiger partial charge in [0.2, 0.25) is 11.8 Å². The molecule has 7 nitrogen and oxygen atoms in total. The van der Waals surface area contributed by atoms with Gasteiger partial charge in [-0.3, -0.25) is 14.9 Å². The highest BCUT2D eigenvalue weighted by Crippen LogP contribution is 2.35. The number of amides is 1. The third-order valence-corrected chi connectivity index (χ3v) is 4.71. The number of carbonyl (C=O) groups excluding carboxylic acids is 1. The number of pyridine rings is 1. The summed E-state index contributed by atoms with van der Waals surface area (Å²) < 4.78 is 5.03. The van der Waals surface area contributed by atoms with Gasteiger partial charge in [0, 0.05) is 37.4 Å². The molecule has 0 aromatic carbocycles.